The zero-order valence-electron chi connectivity index (χ0n) is 15.5. The summed E-state index contributed by atoms with van der Waals surface area (Å²) in [4.78, 5) is 2.49. The van der Waals surface area contributed by atoms with Gasteiger partial charge in [0.15, 0.2) is 0 Å². The third kappa shape index (κ3) is 3.42. The number of benzene rings is 1. The van der Waals surface area contributed by atoms with E-state index in [9.17, 15) is 0 Å². The smallest absolute Gasteiger partial charge is 0.106 e. The van der Waals surface area contributed by atoms with Gasteiger partial charge in [-0.25, -0.2) is 0 Å². The van der Waals surface area contributed by atoms with Gasteiger partial charge in [0.2, 0.25) is 0 Å². The van der Waals surface area contributed by atoms with Gasteiger partial charge in [-0.15, -0.1) is 17.0 Å². The molecule has 0 saturated carbocycles. The van der Waals surface area contributed by atoms with Crippen molar-refractivity contribution in [3.8, 4) is 0 Å². The number of ether oxygens (including phenoxy) is 1. The van der Waals surface area contributed by atoms with Gasteiger partial charge in [0.25, 0.3) is 0 Å². The molecule has 1 aliphatic rings. The number of nitrogens with zero attached hydrogens (tertiary/aromatic N) is 2. The number of hydrogen-bond donors (Lipinski definition) is 0. The fraction of sp³-hybridized carbons (Fsp3) is 0.600. The number of fused-ring (bicyclic) bond motifs is 3. The van der Waals surface area contributed by atoms with Gasteiger partial charge < -0.3 is 14.2 Å². The average Bonchev–Trinajstić information content (AvgIpc) is 2.87. The Bertz CT molecular complexity index is 678. The van der Waals surface area contributed by atoms with E-state index in [0.29, 0.717) is 0 Å². The molecule has 0 fully saturated rings. The number of rotatable bonds is 6. The zero-order chi connectivity index (χ0) is 16.4. The van der Waals surface area contributed by atoms with Gasteiger partial charge in [-0.3, -0.25) is 0 Å². The minimum absolute atomic E-state index is 0. The van der Waals surface area contributed by atoms with Crippen LogP contribution in [0.1, 0.15) is 44.9 Å². The SMILES string of the molecule is Br.CCN(CC)CCCC1(C)OCCn2c1c(C)c1ccccc12. The van der Waals surface area contributed by atoms with E-state index in [0.717, 1.165) is 39.2 Å². The molecule has 0 saturated heterocycles. The summed E-state index contributed by atoms with van der Waals surface area (Å²) in [6, 6.07) is 8.77. The Balaban J connectivity index is 0.00000208. The molecule has 1 aliphatic heterocycles. The van der Waals surface area contributed by atoms with Crippen LogP contribution in [0.15, 0.2) is 24.3 Å². The molecule has 0 radical (unpaired) electrons. The lowest BCUT2D eigenvalue weighted by molar-refractivity contribution is -0.0714. The largest absolute Gasteiger partial charge is 0.367 e. The van der Waals surface area contributed by atoms with Gasteiger partial charge in [0.05, 0.1) is 12.3 Å². The Labute approximate surface area is 156 Å². The third-order valence-electron chi connectivity index (χ3n) is 5.48. The van der Waals surface area contributed by atoms with Crippen molar-refractivity contribution >= 4 is 27.9 Å². The van der Waals surface area contributed by atoms with Crippen LogP contribution in [-0.4, -0.2) is 35.7 Å². The van der Waals surface area contributed by atoms with Gasteiger partial charge in [-0.05, 0) is 58.0 Å². The second-order valence-electron chi connectivity index (χ2n) is 6.85. The van der Waals surface area contributed by atoms with Crippen LogP contribution in [0.4, 0.5) is 0 Å². The van der Waals surface area contributed by atoms with Crippen LogP contribution in [-0.2, 0) is 16.9 Å². The molecule has 1 atom stereocenters. The van der Waals surface area contributed by atoms with Gasteiger partial charge in [-0.2, -0.15) is 0 Å². The van der Waals surface area contributed by atoms with E-state index in [1.165, 1.54) is 28.6 Å². The lowest BCUT2D eigenvalue weighted by Gasteiger charge is -2.37. The lowest BCUT2D eigenvalue weighted by Crippen LogP contribution is -2.37. The molecular formula is C20H31BrN2O. The molecule has 0 N–H and O–H groups in total. The van der Waals surface area contributed by atoms with E-state index in [2.05, 4.69) is 61.4 Å². The Morgan fingerprint density at radius 3 is 2.62 bits per heavy atom. The molecule has 3 rings (SSSR count). The first-order valence-electron chi connectivity index (χ1n) is 9.05. The molecule has 24 heavy (non-hydrogen) atoms. The van der Waals surface area contributed by atoms with E-state index in [1.807, 2.05) is 0 Å². The molecule has 2 aromatic rings. The molecule has 1 aromatic carbocycles. The minimum atomic E-state index is -0.158. The van der Waals surface area contributed by atoms with Crippen molar-refractivity contribution in [1.29, 1.82) is 0 Å². The molecule has 4 heteroatoms. The number of para-hydroxylation sites is 1. The summed E-state index contributed by atoms with van der Waals surface area (Å²) in [5.74, 6) is 0. The van der Waals surface area contributed by atoms with Crippen LogP contribution in [0, 0.1) is 6.92 Å². The van der Waals surface area contributed by atoms with Gasteiger partial charge >= 0.3 is 0 Å². The van der Waals surface area contributed by atoms with Crippen LogP contribution in [0.25, 0.3) is 10.9 Å². The molecular weight excluding hydrogens is 364 g/mol. The summed E-state index contributed by atoms with van der Waals surface area (Å²) in [6.45, 7) is 14.2. The summed E-state index contributed by atoms with van der Waals surface area (Å²) in [5, 5.41) is 1.38. The van der Waals surface area contributed by atoms with Crippen LogP contribution >= 0.6 is 17.0 Å². The number of aromatic nitrogens is 1. The minimum Gasteiger partial charge on any atom is -0.367 e. The van der Waals surface area contributed by atoms with Crippen LogP contribution in [0.3, 0.4) is 0 Å². The van der Waals surface area contributed by atoms with Crippen molar-refractivity contribution in [2.24, 2.45) is 0 Å². The monoisotopic (exact) mass is 394 g/mol. The summed E-state index contributed by atoms with van der Waals surface area (Å²) in [6.07, 6.45) is 2.26. The molecule has 134 valence electrons. The fourth-order valence-electron chi connectivity index (χ4n) is 4.19. The highest BCUT2D eigenvalue weighted by atomic mass is 79.9. The second kappa shape index (κ2) is 8.03. The topological polar surface area (TPSA) is 17.4 Å². The Morgan fingerprint density at radius 1 is 1.21 bits per heavy atom. The first-order chi connectivity index (χ1) is 11.1. The summed E-state index contributed by atoms with van der Waals surface area (Å²) in [7, 11) is 0. The fourth-order valence-corrected chi connectivity index (χ4v) is 4.19. The quantitative estimate of drug-likeness (QED) is 0.693. The van der Waals surface area contributed by atoms with Crippen LogP contribution in [0.2, 0.25) is 0 Å². The predicted octanol–water partition coefficient (Wildman–Crippen LogP) is 4.90. The average molecular weight is 395 g/mol. The number of aryl methyl sites for hydroxylation is 1. The van der Waals surface area contributed by atoms with Crippen LogP contribution < -0.4 is 0 Å². The summed E-state index contributed by atoms with van der Waals surface area (Å²) in [5.41, 5.74) is 3.99. The summed E-state index contributed by atoms with van der Waals surface area (Å²) < 4.78 is 8.80. The standard InChI is InChI=1S/C20H30N2O.BrH/c1-5-21(6-2)13-9-12-20(4)19-16(3)17-10-7-8-11-18(17)22(19)14-15-23-20;/h7-8,10-11H,5-6,9,12-15H2,1-4H3;1H. The molecule has 0 spiro atoms. The Kier molecular flexibility index (Phi) is 6.52. The second-order valence-corrected chi connectivity index (χ2v) is 6.85. The Hall–Kier alpha value is -0.840. The predicted molar refractivity (Wildman–Crippen MR) is 107 cm³/mol. The van der Waals surface area contributed by atoms with Crippen molar-refractivity contribution in [3.05, 3.63) is 35.5 Å². The highest BCUT2D eigenvalue weighted by Crippen LogP contribution is 2.40. The maximum absolute atomic E-state index is 6.31. The molecule has 0 aliphatic carbocycles. The molecule has 1 unspecified atom stereocenters. The maximum atomic E-state index is 6.31. The third-order valence-corrected chi connectivity index (χ3v) is 5.48. The van der Waals surface area contributed by atoms with E-state index in [4.69, 9.17) is 4.74 Å². The van der Waals surface area contributed by atoms with Crippen molar-refractivity contribution in [2.45, 2.75) is 52.7 Å². The lowest BCUT2D eigenvalue weighted by atomic mass is 9.91. The number of hydrogen-bond acceptors (Lipinski definition) is 2. The van der Waals surface area contributed by atoms with E-state index < -0.39 is 0 Å². The normalized spacial score (nSPS) is 20.2. The van der Waals surface area contributed by atoms with Crippen molar-refractivity contribution in [1.82, 2.24) is 9.47 Å². The zero-order valence-corrected chi connectivity index (χ0v) is 17.2. The van der Waals surface area contributed by atoms with E-state index in [1.54, 1.807) is 0 Å². The number of halogens is 1. The van der Waals surface area contributed by atoms with Crippen molar-refractivity contribution in [3.63, 3.8) is 0 Å². The first-order valence-corrected chi connectivity index (χ1v) is 9.05. The highest BCUT2D eigenvalue weighted by Gasteiger charge is 2.36. The van der Waals surface area contributed by atoms with Gasteiger partial charge in [-0.1, -0.05) is 32.0 Å². The maximum Gasteiger partial charge on any atom is 0.106 e. The Morgan fingerprint density at radius 2 is 1.92 bits per heavy atom. The summed E-state index contributed by atoms with van der Waals surface area (Å²) >= 11 is 0. The molecule has 1 aromatic heterocycles. The van der Waals surface area contributed by atoms with Gasteiger partial charge in [0, 0.05) is 17.4 Å². The molecule has 2 heterocycles. The first kappa shape index (κ1) is 19.5. The van der Waals surface area contributed by atoms with Crippen molar-refractivity contribution in [2.75, 3.05) is 26.2 Å². The molecule has 0 bridgehead atoms. The molecule has 0 amide bonds. The van der Waals surface area contributed by atoms with Crippen molar-refractivity contribution < 1.29 is 4.74 Å². The van der Waals surface area contributed by atoms with Crippen LogP contribution in [0.5, 0.6) is 0 Å². The van der Waals surface area contributed by atoms with E-state index in [-0.39, 0.29) is 22.6 Å². The van der Waals surface area contributed by atoms with E-state index >= 15 is 0 Å². The highest BCUT2D eigenvalue weighted by molar-refractivity contribution is 8.93. The van der Waals surface area contributed by atoms with Gasteiger partial charge in [0.1, 0.15) is 5.60 Å². The molecule has 3 nitrogen and oxygen atoms in total.